The van der Waals surface area contributed by atoms with Crippen LogP contribution in [-0.2, 0) is 16.6 Å². The van der Waals surface area contributed by atoms with E-state index in [1.54, 1.807) is 12.1 Å². The van der Waals surface area contributed by atoms with Crippen LogP contribution in [0.5, 0.6) is 5.75 Å². The van der Waals surface area contributed by atoms with Gasteiger partial charge in [-0.25, -0.2) is 8.42 Å². The molecule has 0 aliphatic rings. The molecular formula is C13H14N2O4S. The summed E-state index contributed by atoms with van der Waals surface area (Å²) >= 11 is 0. The lowest BCUT2D eigenvalue weighted by atomic mass is 10.2. The molecule has 2 aromatic rings. The third kappa shape index (κ3) is 3.06. The first-order valence-corrected chi connectivity index (χ1v) is 7.26. The number of aromatic nitrogens is 1. The maximum atomic E-state index is 12.2. The first kappa shape index (κ1) is 14.3. The summed E-state index contributed by atoms with van der Waals surface area (Å²) < 4.78 is 31.9. The van der Waals surface area contributed by atoms with E-state index in [1.807, 2.05) is 0 Å². The van der Waals surface area contributed by atoms with Crippen molar-refractivity contribution in [1.82, 2.24) is 4.98 Å². The van der Waals surface area contributed by atoms with Gasteiger partial charge in [-0.05, 0) is 30.3 Å². The highest BCUT2D eigenvalue weighted by molar-refractivity contribution is 7.92. The predicted molar refractivity (Wildman–Crippen MR) is 74.0 cm³/mol. The summed E-state index contributed by atoms with van der Waals surface area (Å²) in [5, 5.41) is 9.23. The smallest absolute Gasteiger partial charge is 0.261 e. The average molecular weight is 294 g/mol. The van der Waals surface area contributed by atoms with Gasteiger partial charge in [-0.1, -0.05) is 0 Å². The van der Waals surface area contributed by atoms with Crippen molar-refractivity contribution in [3.8, 4) is 5.75 Å². The number of sulfonamides is 1. The van der Waals surface area contributed by atoms with Gasteiger partial charge in [-0.2, -0.15) is 0 Å². The third-order valence-electron chi connectivity index (χ3n) is 2.67. The molecule has 1 heterocycles. The van der Waals surface area contributed by atoms with Crippen LogP contribution < -0.4 is 9.46 Å². The Morgan fingerprint density at radius 2 is 1.95 bits per heavy atom. The lowest BCUT2D eigenvalue weighted by Crippen LogP contribution is -2.13. The third-order valence-corrected chi connectivity index (χ3v) is 4.04. The number of pyridine rings is 1. The minimum absolute atomic E-state index is 0.0548. The molecule has 0 aliphatic heterocycles. The van der Waals surface area contributed by atoms with Crippen LogP contribution in [0.1, 0.15) is 5.56 Å². The topological polar surface area (TPSA) is 88.5 Å². The second-order valence-corrected chi connectivity index (χ2v) is 5.66. The maximum absolute atomic E-state index is 12.2. The molecule has 6 nitrogen and oxygen atoms in total. The van der Waals surface area contributed by atoms with E-state index in [4.69, 9.17) is 4.74 Å². The Bertz CT molecular complexity index is 687. The fourth-order valence-corrected chi connectivity index (χ4v) is 2.79. The normalized spacial score (nSPS) is 11.1. The second kappa shape index (κ2) is 5.89. The number of anilines is 1. The van der Waals surface area contributed by atoms with Crippen LogP contribution in [0.15, 0.2) is 47.6 Å². The van der Waals surface area contributed by atoms with Crippen molar-refractivity contribution in [3.05, 3.63) is 48.3 Å². The van der Waals surface area contributed by atoms with Gasteiger partial charge in [-0.3, -0.25) is 9.71 Å². The molecule has 0 spiro atoms. The van der Waals surface area contributed by atoms with Gasteiger partial charge < -0.3 is 9.84 Å². The van der Waals surface area contributed by atoms with Gasteiger partial charge in [0, 0.05) is 18.0 Å². The van der Waals surface area contributed by atoms with Crippen molar-refractivity contribution in [3.63, 3.8) is 0 Å². The van der Waals surface area contributed by atoms with Gasteiger partial charge in [0.1, 0.15) is 5.75 Å². The Labute approximate surface area is 117 Å². The number of hydrogen-bond donors (Lipinski definition) is 2. The molecule has 0 radical (unpaired) electrons. The first-order chi connectivity index (χ1) is 9.56. The van der Waals surface area contributed by atoms with Crippen LogP contribution in [0.3, 0.4) is 0 Å². The van der Waals surface area contributed by atoms with Crippen LogP contribution in [0.2, 0.25) is 0 Å². The molecule has 0 fully saturated rings. The number of benzene rings is 1. The van der Waals surface area contributed by atoms with E-state index < -0.39 is 10.0 Å². The summed E-state index contributed by atoms with van der Waals surface area (Å²) in [4.78, 5) is 3.87. The Balaban J connectivity index is 2.35. The van der Waals surface area contributed by atoms with E-state index in [2.05, 4.69) is 9.71 Å². The molecule has 0 unspecified atom stereocenters. The van der Waals surface area contributed by atoms with Gasteiger partial charge in [0.25, 0.3) is 10.0 Å². The van der Waals surface area contributed by atoms with Crippen molar-refractivity contribution in [2.24, 2.45) is 0 Å². The monoisotopic (exact) mass is 294 g/mol. The fraction of sp³-hybridized carbons (Fsp3) is 0.154. The molecule has 20 heavy (non-hydrogen) atoms. The largest absolute Gasteiger partial charge is 0.496 e. The van der Waals surface area contributed by atoms with Crippen LogP contribution in [0.25, 0.3) is 0 Å². The van der Waals surface area contributed by atoms with Crippen molar-refractivity contribution in [1.29, 1.82) is 0 Å². The summed E-state index contributed by atoms with van der Waals surface area (Å²) in [5.41, 5.74) is 0.825. The molecule has 0 amide bonds. The van der Waals surface area contributed by atoms with Crippen molar-refractivity contribution in [2.45, 2.75) is 11.5 Å². The summed E-state index contributed by atoms with van der Waals surface area (Å²) in [6.45, 7) is -0.304. The molecule has 0 saturated heterocycles. The van der Waals surface area contributed by atoms with Gasteiger partial charge in [0.2, 0.25) is 0 Å². The highest BCUT2D eigenvalue weighted by atomic mass is 32.2. The molecule has 1 aromatic carbocycles. The number of nitrogens with one attached hydrogen (secondary N) is 1. The van der Waals surface area contributed by atoms with Gasteiger partial charge in [0.05, 0.1) is 24.3 Å². The molecule has 2 N–H and O–H groups in total. The standard InChI is InChI=1S/C13H14N2O4S/c1-19-13-3-2-12(8-10(13)9-16)20(17,18)15-11-4-6-14-7-5-11/h2-8,16H,9H2,1H3,(H,14,15). The Kier molecular flexibility index (Phi) is 4.21. The SMILES string of the molecule is COc1ccc(S(=O)(=O)Nc2ccncc2)cc1CO. The highest BCUT2D eigenvalue weighted by Gasteiger charge is 2.16. The van der Waals surface area contributed by atoms with E-state index >= 15 is 0 Å². The van der Waals surface area contributed by atoms with Crippen LogP contribution in [-0.4, -0.2) is 25.6 Å². The number of ether oxygens (including phenoxy) is 1. The Morgan fingerprint density at radius 1 is 1.25 bits per heavy atom. The summed E-state index contributed by atoms with van der Waals surface area (Å²) in [7, 11) is -2.26. The number of hydrogen-bond acceptors (Lipinski definition) is 5. The lowest BCUT2D eigenvalue weighted by molar-refractivity contribution is 0.273. The highest BCUT2D eigenvalue weighted by Crippen LogP contribution is 2.23. The zero-order valence-electron chi connectivity index (χ0n) is 10.8. The van der Waals surface area contributed by atoms with E-state index in [1.165, 1.54) is 37.7 Å². The number of aliphatic hydroxyl groups is 1. The molecule has 7 heteroatoms. The molecule has 0 bridgehead atoms. The second-order valence-electron chi connectivity index (χ2n) is 3.97. The van der Waals surface area contributed by atoms with Crippen LogP contribution >= 0.6 is 0 Å². The van der Waals surface area contributed by atoms with Crippen molar-refractivity contribution >= 4 is 15.7 Å². The zero-order chi connectivity index (χ0) is 14.6. The number of nitrogens with zero attached hydrogens (tertiary/aromatic N) is 1. The summed E-state index contributed by atoms with van der Waals surface area (Å²) in [6.07, 6.45) is 2.98. The van der Waals surface area contributed by atoms with E-state index in [-0.39, 0.29) is 11.5 Å². The molecular weight excluding hydrogens is 280 g/mol. The summed E-state index contributed by atoms with van der Waals surface area (Å²) in [5.74, 6) is 0.440. The van der Waals surface area contributed by atoms with Gasteiger partial charge >= 0.3 is 0 Å². The molecule has 2 rings (SSSR count). The van der Waals surface area contributed by atoms with Gasteiger partial charge in [-0.15, -0.1) is 0 Å². The number of methoxy groups -OCH3 is 1. The van der Waals surface area contributed by atoms with Crippen LogP contribution in [0, 0.1) is 0 Å². The summed E-state index contributed by atoms with van der Waals surface area (Å²) in [6, 6.07) is 7.40. The maximum Gasteiger partial charge on any atom is 0.261 e. The van der Waals surface area contributed by atoms with Gasteiger partial charge in [0.15, 0.2) is 0 Å². The Hall–Kier alpha value is -2.12. The minimum Gasteiger partial charge on any atom is -0.496 e. The molecule has 0 saturated carbocycles. The number of rotatable bonds is 5. The minimum atomic E-state index is -3.72. The number of aliphatic hydroxyl groups excluding tert-OH is 1. The molecule has 0 atom stereocenters. The first-order valence-electron chi connectivity index (χ1n) is 5.77. The Morgan fingerprint density at radius 3 is 2.55 bits per heavy atom. The average Bonchev–Trinajstić information content (AvgIpc) is 2.47. The van der Waals surface area contributed by atoms with Crippen molar-refractivity contribution in [2.75, 3.05) is 11.8 Å². The van der Waals surface area contributed by atoms with E-state index in [0.29, 0.717) is 17.0 Å². The molecule has 106 valence electrons. The fourth-order valence-electron chi connectivity index (χ4n) is 1.68. The van der Waals surface area contributed by atoms with Crippen LogP contribution in [0.4, 0.5) is 5.69 Å². The zero-order valence-corrected chi connectivity index (χ0v) is 11.6. The lowest BCUT2D eigenvalue weighted by Gasteiger charge is -2.11. The van der Waals surface area contributed by atoms with E-state index in [9.17, 15) is 13.5 Å². The van der Waals surface area contributed by atoms with Crippen molar-refractivity contribution < 1.29 is 18.3 Å². The predicted octanol–water partition coefficient (Wildman–Crippen LogP) is 1.38. The molecule has 1 aromatic heterocycles. The molecule has 0 aliphatic carbocycles. The quantitative estimate of drug-likeness (QED) is 0.869. The van der Waals surface area contributed by atoms with E-state index in [0.717, 1.165) is 0 Å².